The van der Waals surface area contributed by atoms with Gasteiger partial charge in [0.1, 0.15) is 16.7 Å². The Hall–Kier alpha value is -12.0. The van der Waals surface area contributed by atoms with Crippen LogP contribution in [0.1, 0.15) is 14.9 Å². The second-order valence-corrected chi connectivity index (χ2v) is 24.1. The zero-order chi connectivity index (χ0) is 65.3. The Morgan fingerprint density at radius 1 is 0.273 bits per heavy atom. The molecule has 2 N–H and O–H groups in total. The van der Waals surface area contributed by atoms with E-state index in [1.165, 1.54) is 27.1 Å². The van der Waals surface area contributed by atoms with Crippen LogP contribution >= 0.6 is 23.2 Å². The highest BCUT2D eigenvalue weighted by molar-refractivity contribution is 6.62. The maximum Gasteiger partial charge on any atom is 0.489 e. The highest BCUT2D eigenvalue weighted by Crippen LogP contribution is 2.46. The van der Waals surface area contributed by atoms with Gasteiger partial charge < -0.3 is 18.9 Å². The van der Waals surface area contributed by atoms with Crippen LogP contribution in [0.5, 0.6) is 0 Å². The predicted molar refractivity (Wildman–Crippen MR) is 410 cm³/mol. The summed E-state index contributed by atoms with van der Waals surface area (Å²) in [7, 11) is -1.40. The zero-order valence-corrected chi connectivity index (χ0v) is 53.2. The summed E-state index contributed by atoms with van der Waals surface area (Å²) in [5.41, 5.74) is 13.3. The van der Waals surface area contributed by atoms with Gasteiger partial charge in [0, 0.05) is 65.5 Å². The fourth-order valence-corrected chi connectivity index (χ4v) is 13.3. The Bertz CT molecular complexity index is 5850. The quantitative estimate of drug-likeness (QED) is 0.134. The lowest BCUT2D eigenvalue weighted by Crippen LogP contribution is -2.30. The molecule has 0 fully saturated rings. The van der Waals surface area contributed by atoms with Gasteiger partial charge in [0.05, 0.1) is 5.02 Å². The fourth-order valence-electron chi connectivity index (χ4n) is 12.8. The third-order valence-corrected chi connectivity index (χ3v) is 17.8. The lowest BCUT2D eigenvalue weighted by molar-refractivity contribution is 0.426. The first-order valence-corrected chi connectivity index (χ1v) is 32.3. The summed E-state index contributed by atoms with van der Waals surface area (Å²) in [6, 6.07) is 103. The van der Waals surface area contributed by atoms with E-state index in [0.717, 1.165) is 93.6 Å². The molecule has 0 aliphatic carbocycles. The maximum absolute atomic E-state index is 9.08. The molecule has 0 saturated carbocycles. The van der Waals surface area contributed by atoms with E-state index in [1.807, 2.05) is 194 Å². The van der Waals surface area contributed by atoms with E-state index in [2.05, 4.69) is 103 Å². The Morgan fingerprint density at radius 3 is 1.10 bits per heavy atom. The number of furan rings is 2. The van der Waals surface area contributed by atoms with Crippen molar-refractivity contribution in [2.24, 2.45) is 0 Å². The van der Waals surface area contributed by atoms with Crippen molar-refractivity contribution in [3.63, 3.8) is 0 Å². The number of hydrogen-bond donors (Lipinski definition) is 2. The normalized spacial score (nSPS) is 11.1. The molecule has 0 saturated heterocycles. The molecule has 0 spiro atoms. The number of rotatable bonds is 9. The molecule has 476 valence electrons. The molecule has 13 heteroatoms. The minimum Gasteiger partial charge on any atom is -0.455 e. The third-order valence-electron chi connectivity index (χ3n) is 17.3. The van der Waals surface area contributed by atoms with Crippen LogP contribution in [-0.4, -0.2) is 47.1 Å². The number of fused-ring (bicyclic) bond motifs is 9. The summed E-state index contributed by atoms with van der Waals surface area (Å²) in [6.07, 6.45) is 0. The van der Waals surface area contributed by atoms with Gasteiger partial charge in [-0.05, 0) is 90.9 Å². The van der Waals surface area contributed by atoms with E-state index in [1.54, 1.807) is 12.1 Å². The van der Waals surface area contributed by atoms with Crippen molar-refractivity contribution >= 4 is 112 Å². The van der Waals surface area contributed by atoms with Crippen molar-refractivity contribution in [2.75, 3.05) is 0 Å². The largest absolute Gasteiger partial charge is 0.489 e. The number of halogens is 2. The number of aromatic nitrogens is 6. The minimum atomic E-state index is -1.40. The number of hydrogen-bond acceptors (Lipinski definition) is 10. The third kappa shape index (κ3) is 12.7. The van der Waals surface area contributed by atoms with Gasteiger partial charge in [-0.3, -0.25) is 0 Å². The average Bonchev–Trinajstić information content (AvgIpc) is 1.63. The molecular weight excluding hydrogens is 1260 g/mol. The Labute approximate surface area is 582 Å². The molecule has 4 aromatic heterocycles. The fraction of sp³-hybridized carbons (Fsp3) is 0.0233. The zero-order valence-electron chi connectivity index (χ0n) is 51.7. The summed E-state index contributed by atoms with van der Waals surface area (Å²) in [5, 5.41) is 29.5. The van der Waals surface area contributed by atoms with Gasteiger partial charge in [-0.25, -0.2) is 29.9 Å². The van der Waals surface area contributed by atoms with Crippen molar-refractivity contribution in [1.29, 1.82) is 0 Å². The average molecular weight is 1320 g/mol. The van der Waals surface area contributed by atoms with Crippen molar-refractivity contribution in [1.82, 2.24) is 29.9 Å². The monoisotopic (exact) mass is 1320 g/mol. The summed E-state index contributed by atoms with van der Waals surface area (Å²) < 4.78 is 13.0. The standard InChI is InChI=1S/C47H29N3O.C27H15Cl2N3O.C10H9BO2.2CH4/c1-3-16-32(17-4-1)45-48-46(33-18-5-2-6-19-33)50-47(49-45)39-26-13-27-42-43(39)41-29-34(37-24-11-20-30-14-7-9-22-35(30)37)28-40(44(41)51-42)38-25-12-21-31-15-8-10-23-36(31)38;28-18-14-20-23-19(12-7-13-22(23)33-24(20)21(29)15-18)27-31-25(16-8-3-1-4-9-16)30-26(32-27)17-10-5-2-6-11-17;12-11(13)10-7-3-5-8-4-1-2-6-9(8)10;;/h1-29H;1-15H;1-7,12-13H;2*1H4. The van der Waals surface area contributed by atoms with Crippen LogP contribution in [0.2, 0.25) is 10.0 Å². The smallest absolute Gasteiger partial charge is 0.455 e. The highest BCUT2D eigenvalue weighted by Gasteiger charge is 2.24. The molecule has 10 nitrogen and oxygen atoms in total. The van der Waals surface area contributed by atoms with Crippen molar-refractivity contribution in [3.8, 4) is 90.6 Å². The molecule has 0 aliphatic heterocycles. The van der Waals surface area contributed by atoms with Gasteiger partial charge in [-0.2, -0.15) is 0 Å². The molecule has 18 rings (SSSR count). The second kappa shape index (κ2) is 28.0. The van der Waals surface area contributed by atoms with Crippen LogP contribution in [0.15, 0.2) is 318 Å². The molecule has 0 atom stereocenters. The van der Waals surface area contributed by atoms with E-state index < -0.39 is 7.12 Å². The molecule has 0 amide bonds. The SMILES string of the molecule is C.C.Clc1cc(Cl)c2oc3cccc(-c4nc(-c5ccccc5)nc(-c5ccccc5)n4)c3c2c1.OB(O)c1cccc2ccccc12.c1ccc(-c2nc(-c3ccccc3)nc(-c3cccc4oc5c(-c6cccc7ccccc67)cc(-c6cccc7ccccc67)cc5c34)n2)cc1. The van der Waals surface area contributed by atoms with Crippen LogP contribution in [0, 0.1) is 0 Å². The number of benzene rings is 14. The van der Waals surface area contributed by atoms with Crippen molar-refractivity contribution in [3.05, 3.63) is 319 Å². The van der Waals surface area contributed by atoms with E-state index in [0.29, 0.717) is 61.6 Å². The van der Waals surface area contributed by atoms with Crippen LogP contribution in [0.3, 0.4) is 0 Å². The maximum atomic E-state index is 9.08. The lowest BCUT2D eigenvalue weighted by Gasteiger charge is -2.13. The molecule has 14 aromatic carbocycles. The van der Waals surface area contributed by atoms with Crippen LogP contribution in [0.25, 0.3) is 167 Å². The van der Waals surface area contributed by atoms with E-state index in [-0.39, 0.29) is 14.9 Å². The van der Waals surface area contributed by atoms with E-state index >= 15 is 0 Å². The molecule has 99 heavy (non-hydrogen) atoms. The lowest BCUT2D eigenvalue weighted by atomic mass is 9.77. The Morgan fingerprint density at radius 2 is 0.626 bits per heavy atom. The molecule has 0 unspecified atom stereocenters. The van der Waals surface area contributed by atoms with Gasteiger partial charge in [0.2, 0.25) is 0 Å². The molecule has 0 radical (unpaired) electrons. The molecule has 0 aliphatic rings. The van der Waals surface area contributed by atoms with Gasteiger partial charge in [-0.1, -0.05) is 311 Å². The summed E-state index contributed by atoms with van der Waals surface area (Å²) >= 11 is 12.7. The molecule has 18 aromatic rings. The summed E-state index contributed by atoms with van der Waals surface area (Å²) in [6.45, 7) is 0. The first-order valence-electron chi connectivity index (χ1n) is 31.6. The van der Waals surface area contributed by atoms with E-state index in [4.69, 9.17) is 72.0 Å². The molecule has 0 bridgehead atoms. The second-order valence-electron chi connectivity index (χ2n) is 23.3. The first-order chi connectivity index (χ1) is 47.7. The molecule has 4 heterocycles. The molecular formula is C86H61BCl2N6O4. The first kappa shape index (κ1) is 64.4. The van der Waals surface area contributed by atoms with Crippen molar-refractivity contribution in [2.45, 2.75) is 14.9 Å². The van der Waals surface area contributed by atoms with E-state index in [9.17, 15) is 0 Å². The van der Waals surface area contributed by atoms with Gasteiger partial charge in [0.25, 0.3) is 0 Å². The van der Waals surface area contributed by atoms with Gasteiger partial charge in [-0.15, -0.1) is 0 Å². The van der Waals surface area contributed by atoms with Crippen LogP contribution in [0.4, 0.5) is 0 Å². The minimum absolute atomic E-state index is 0. The highest BCUT2D eigenvalue weighted by atomic mass is 35.5. The Kier molecular flexibility index (Phi) is 18.2. The summed E-state index contributed by atoms with van der Waals surface area (Å²) in [4.78, 5) is 29.7. The topological polar surface area (TPSA) is 144 Å². The number of nitrogens with zero attached hydrogens (tertiary/aromatic N) is 6. The summed E-state index contributed by atoms with van der Waals surface area (Å²) in [5.74, 6) is 3.58. The predicted octanol–water partition coefficient (Wildman–Crippen LogP) is 22.3. The van der Waals surface area contributed by atoms with Gasteiger partial charge >= 0.3 is 7.12 Å². The van der Waals surface area contributed by atoms with Crippen LogP contribution < -0.4 is 5.46 Å². The van der Waals surface area contributed by atoms with Crippen molar-refractivity contribution < 1.29 is 18.9 Å². The Balaban J connectivity index is 0.000000148. The van der Waals surface area contributed by atoms with Crippen LogP contribution in [-0.2, 0) is 0 Å². The van der Waals surface area contributed by atoms with Gasteiger partial charge in [0.15, 0.2) is 40.5 Å².